The molecule has 0 amide bonds. The number of benzene rings is 2. The van der Waals surface area contributed by atoms with E-state index in [4.69, 9.17) is 30.3 Å². The van der Waals surface area contributed by atoms with Crippen molar-refractivity contribution in [2.45, 2.75) is 71.7 Å². The summed E-state index contributed by atoms with van der Waals surface area (Å²) in [4.78, 5) is 28.1. The molecular weight excluding hydrogens is 646 g/mol. The van der Waals surface area contributed by atoms with Crippen LogP contribution in [0.15, 0.2) is 48.8 Å². The molecule has 0 aliphatic carbocycles. The van der Waals surface area contributed by atoms with Crippen molar-refractivity contribution < 1.29 is 32.8 Å². The second-order valence-corrected chi connectivity index (χ2v) is 16.5. The van der Waals surface area contributed by atoms with Gasteiger partial charge in [-0.1, -0.05) is 57.2 Å². The molecule has 1 aliphatic heterocycles. The molecule has 47 heavy (non-hydrogen) atoms. The second kappa shape index (κ2) is 13.3. The van der Waals surface area contributed by atoms with Gasteiger partial charge < -0.3 is 28.5 Å². The summed E-state index contributed by atoms with van der Waals surface area (Å²) in [6.07, 6.45) is -2.65. The van der Waals surface area contributed by atoms with E-state index < -0.39 is 42.8 Å². The summed E-state index contributed by atoms with van der Waals surface area (Å²) < 4.78 is 42.0. The van der Waals surface area contributed by atoms with Crippen molar-refractivity contribution in [2.24, 2.45) is 5.41 Å². The van der Waals surface area contributed by atoms with Gasteiger partial charge in [0.15, 0.2) is 28.9 Å². The summed E-state index contributed by atoms with van der Waals surface area (Å²) in [7, 11) is 3.65. The molecule has 254 valence electrons. The number of esters is 1. The predicted octanol–water partition coefficient (Wildman–Crippen LogP) is 5.23. The average molecular weight is 689 g/mol. The second-order valence-electron chi connectivity index (χ2n) is 13.3. The highest BCUT2D eigenvalue weighted by molar-refractivity contribution is 8.09. The van der Waals surface area contributed by atoms with Crippen molar-refractivity contribution in [3.8, 4) is 5.75 Å². The third kappa shape index (κ3) is 7.58. The van der Waals surface area contributed by atoms with Gasteiger partial charge in [-0.15, -0.1) is 0 Å². The predicted molar refractivity (Wildman–Crippen MR) is 182 cm³/mol. The van der Waals surface area contributed by atoms with Crippen molar-refractivity contribution in [2.75, 3.05) is 32.2 Å². The lowest BCUT2D eigenvalue weighted by atomic mass is 9.98. The Bertz CT molecular complexity index is 1810. The molecule has 2 aromatic heterocycles. The van der Waals surface area contributed by atoms with Gasteiger partial charge in [-0.25, -0.2) is 24.4 Å². The van der Waals surface area contributed by atoms with Crippen LogP contribution in [0.2, 0.25) is 0 Å². The number of rotatable bonds is 11. The van der Waals surface area contributed by atoms with E-state index in [0.29, 0.717) is 28.6 Å². The van der Waals surface area contributed by atoms with Gasteiger partial charge in [0.1, 0.15) is 29.8 Å². The number of aliphatic hydroxyl groups is 1. The maximum Gasteiger partial charge on any atom is 0.323 e. The zero-order chi connectivity index (χ0) is 34.3. The Balaban J connectivity index is 1.41. The summed E-state index contributed by atoms with van der Waals surface area (Å²) in [5.41, 5.74) is -1.69. The molecule has 4 aromatic rings. The lowest BCUT2D eigenvalue weighted by molar-refractivity contribution is -0.148. The highest BCUT2D eigenvalue weighted by atomic mass is 32.5. The molecule has 5 rings (SSSR count). The molecule has 1 fully saturated rings. The molecule has 2 aromatic carbocycles. The highest BCUT2D eigenvalue weighted by Crippen LogP contribution is 2.49. The van der Waals surface area contributed by atoms with Crippen LogP contribution in [0.25, 0.3) is 21.9 Å². The van der Waals surface area contributed by atoms with Crippen LogP contribution in [0.3, 0.4) is 0 Å². The number of imidazole rings is 1. The summed E-state index contributed by atoms with van der Waals surface area (Å²) in [6, 6.07) is 12.2. The molecular formula is C32H42FN6O6PS. The molecule has 6 atom stereocenters. The number of hydrogen-bond acceptors (Lipinski definition) is 11. The third-order valence-electron chi connectivity index (χ3n) is 7.64. The van der Waals surface area contributed by atoms with Crippen LogP contribution in [0.5, 0.6) is 5.75 Å². The normalized spacial score (nSPS) is 23.5. The first-order chi connectivity index (χ1) is 22.0. The molecule has 1 aliphatic rings. The number of aliphatic hydroxyl groups excluding tert-OH is 1. The van der Waals surface area contributed by atoms with Crippen LogP contribution in [-0.4, -0.2) is 81.8 Å². The van der Waals surface area contributed by atoms with Crippen LogP contribution in [0.1, 0.15) is 46.7 Å². The van der Waals surface area contributed by atoms with Gasteiger partial charge in [-0.05, 0) is 49.4 Å². The molecule has 0 spiro atoms. The van der Waals surface area contributed by atoms with Crippen LogP contribution in [0.4, 0.5) is 10.2 Å². The minimum atomic E-state index is -3.56. The van der Waals surface area contributed by atoms with Crippen molar-refractivity contribution >= 4 is 52.2 Å². The number of anilines is 1. The van der Waals surface area contributed by atoms with E-state index in [2.05, 4.69) is 20.0 Å². The standard InChI is InChI=1S/C32H42FN6O6PS/c1-19(29(41)42-17-31(3,4)5)37-46(47,45-23-15-11-13-21-12-9-10-14-22(21)23)43-16-24-26(40)32(6,33)30(44-24)39-18-34-25-27(38(7)8)35-20(2)36-28(25)39/h9-15,18-19,24,26,30,40H,16-17H2,1-8H3,(H,37,47)/t19-,24-,26-,30-,32-,46-/m1/s1. The number of carbonyl (C=O) groups excluding carboxylic acids is 1. The summed E-state index contributed by atoms with van der Waals surface area (Å²) in [6.45, 7) is 6.75. The highest BCUT2D eigenvalue weighted by Gasteiger charge is 2.56. The third-order valence-corrected chi connectivity index (χ3v) is 10.1. The van der Waals surface area contributed by atoms with Gasteiger partial charge in [0, 0.05) is 19.5 Å². The lowest BCUT2D eigenvalue weighted by Gasteiger charge is -2.29. The molecule has 15 heteroatoms. The largest absolute Gasteiger partial charge is 0.464 e. The number of nitrogens with zero attached hydrogens (tertiary/aromatic N) is 5. The SMILES string of the molecule is Cc1nc(N(C)C)c2ncn([C@@H]3O[C@H](CO[P@](=S)(N[C@H](C)C(=O)OCC(C)(C)C)Oc4cccc5ccccc45)[C@@H](O)[C@@]3(C)F)c2n1. The zero-order valence-corrected chi connectivity index (χ0v) is 29.5. The number of aryl methyl sites for hydroxylation is 1. The first-order valence-electron chi connectivity index (χ1n) is 15.3. The number of fused-ring (bicyclic) bond motifs is 2. The summed E-state index contributed by atoms with van der Waals surface area (Å²) in [5, 5.41) is 15.9. The number of alkyl halides is 1. The van der Waals surface area contributed by atoms with Crippen molar-refractivity contribution in [3.05, 3.63) is 54.6 Å². The molecule has 3 heterocycles. The van der Waals surface area contributed by atoms with Crippen LogP contribution >= 0.6 is 6.64 Å². The Labute approximate surface area is 278 Å². The fourth-order valence-corrected chi connectivity index (χ4v) is 7.63. The van der Waals surface area contributed by atoms with E-state index >= 15 is 4.39 Å². The van der Waals surface area contributed by atoms with Gasteiger partial charge in [0.25, 0.3) is 0 Å². The molecule has 0 unspecified atom stereocenters. The monoisotopic (exact) mass is 688 g/mol. The molecule has 2 N–H and O–H groups in total. The average Bonchev–Trinajstić information content (AvgIpc) is 3.51. The first kappa shape index (κ1) is 35.1. The number of halogens is 1. The summed E-state index contributed by atoms with van der Waals surface area (Å²) in [5.74, 6) is 0.938. The quantitative estimate of drug-likeness (QED) is 0.158. The summed E-state index contributed by atoms with van der Waals surface area (Å²) >= 11 is 5.94. The van der Waals surface area contributed by atoms with Gasteiger partial charge in [0.05, 0.1) is 19.5 Å². The van der Waals surface area contributed by atoms with Crippen LogP contribution < -0.4 is 14.5 Å². The van der Waals surface area contributed by atoms with E-state index in [9.17, 15) is 9.90 Å². The van der Waals surface area contributed by atoms with Crippen LogP contribution in [0, 0.1) is 12.3 Å². The van der Waals surface area contributed by atoms with Gasteiger partial charge in [-0.2, -0.15) is 0 Å². The van der Waals surface area contributed by atoms with Crippen LogP contribution in [-0.2, 0) is 30.6 Å². The Hall–Kier alpha value is -3.26. The molecule has 0 bridgehead atoms. The molecule has 0 saturated carbocycles. The number of ether oxygens (including phenoxy) is 2. The molecule has 12 nitrogen and oxygen atoms in total. The van der Waals surface area contributed by atoms with Crippen molar-refractivity contribution in [3.63, 3.8) is 0 Å². The van der Waals surface area contributed by atoms with E-state index in [0.717, 1.165) is 10.8 Å². The van der Waals surface area contributed by atoms with E-state index in [-0.39, 0.29) is 18.6 Å². The maximum absolute atomic E-state index is 16.4. The minimum Gasteiger partial charge on any atom is -0.464 e. The topological polar surface area (TPSA) is 133 Å². The zero-order valence-electron chi connectivity index (χ0n) is 27.8. The minimum absolute atomic E-state index is 0.202. The number of nitrogens with one attached hydrogen (secondary N) is 1. The number of aromatic nitrogens is 4. The van der Waals surface area contributed by atoms with E-state index in [1.807, 2.05) is 71.3 Å². The van der Waals surface area contributed by atoms with Gasteiger partial charge in [-0.3, -0.25) is 9.36 Å². The Morgan fingerprint density at radius 2 is 1.94 bits per heavy atom. The fourth-order valence-electron chi connectivity index (χ4n) is 5.21. The Kier molecular flexibility index (Phi) is 9.94. The molecule has 1 saturated heterocycles. The number of hydrogen-bond donors (Lipinski definition) is 2. The Morgan fingerprint density at radius 3 is 2.64 bits per heavy atom. The van der Waals surface area contributed by atoms with E-state index in [1.54, 1.807) is 24.8 Å². The van der Waals surface area contributed by atoms with Crippen molar-refractivity contribution in [1.82, 2.24) is 24.6 Å². The fraction of sp³-hybridized carbons (Fsp3) is 0.500. The molecule has 0 radical (unpaired) electrons. The van der Waals surface area contributed by atoms with Crippen molar-refractivity contribution in [1.29, 1.82) is 0 Å². The number of carbonyl (C=O) groups is 1. The van der Waals surface area contributed by atoms with E-state index in [1.165, 1.54) is 17.8 Å². The lowest BCUT2D eigenvalue weighted by Crippen LogP contribution is -2.41. The first-order valence-corrected chi connectivity index (χ1v) is 17.9. The van der Waals surface area contributed by atoms with Gasteiger partial charge in [0.2, 0.25) is 0 Å². The Morgan fingerprint density at radius 1 is 1.23 bits per heavy atom. The maximum atomic E-state index is 16.4. The smallest absolute Gasteiger partial charge is 0.323 e. The van der Waals surface area contributed by atoms with Gasteiger partial charge >= 0.3 is 12.6 Å².